The van der Waals surface area contributed by atoms with Gasteiger partial charge < -0.3 is 36.6 Å². The van der Waals surface area contributed by atoms with E-state index in [1.807, 2.05) is 6.92 Å². The van der Waals surface area contributed by atoms with E-state index in [1.165, 1.54) is 12.2 Å². The number of benzene rings is 1. The van der Waals surface area contributed by atoms with Gasteiger partial charge >= 0.3 is 0 Å². The molecule has 8 amide bonds. The molecule has 6 N–H and O–H groups in total. The molecular weight excluding hydrogens is 626 g/mol. The van der Waals surface area contributed by atoms with Crippen LogP contribution in [0, 0.1) is 0 Å². The number of nitrogens with one attached hydrogen (secondary N) is 6. The second-order valence-electron chi connectivity index (χ2n) is 10.8. The van der Waals surface area contributed by atoms with Crippen molar-refractivity contribution in [3.05, 3.63) is 48.0 Å². The number of hydrogen-bond acceptors (Lipinski definition) is 9. The molecule has 0 bridgehead atoms. The van der Waals surface area contributed by atoms with Crippen LogP contribution in [-0.4, -0.2) is 104 Å². The number of amides is 8. The normalized spacial score (nSPS) is 12.6. The Hall–Kier alpha value is -5.12. The first-order valence-corrected chi connectivity index (χ1v) is 15.9. The first-order chi connectivity index (χ1) is 23.1. The number of ether oxygens (including phenoxy) is 1. The summed E-state index contributed by atoms with van der Waals surface area (Å²) in [6, 6.07) is 7.87. The molecule has 0 unspecified atom stereocenters. The minimum absolute atomic E-state index is 0.0799. The van der Waals surface area contributed by atoms with Gasteiger partial charge in [0.05, 0.1) is 19.6 Å². The summed E-state index contributed by atoms with van der Waals surface area (Å²) < 4.78 is 5.28. The summed E-state index contributed by atoms with van der Waals surface area (Å²) in [4.78, 5) is 97.6. The predicted octanol–water partition coefficient (Wildman–Crippen LogP) is -1.45. The molecule has 16 nitrogen and oxygen atoms in total. The van der Waals surface area contributed by atoms with Gasteiger partial charge in [0.2, 0.25) is 35.4 Å². The zero-order valence-corrected chi connectivity index (χ0v) is 27.1. The van der Waals surface area contributed by atoms with Gasteiger partial charge in [-0.1, -0.05) is 36.8 Å². The zero-order valence-electron chi connectivity index (χ0n) is 27.1. The molecule has 1 aromatic carbocycles. The number of hydrogen-bond donors (Lipinski definition) is 6. The fourth-order valence-electron chi connectivity index (χ4n) is 4.37. The number of rotatable bonds is 23. The van der Waals surface area contributed by atoms with Crippen LogP contribution < -0.4 is 31.9 Å². The van der Waals surface area contributed by atoms with E-state index in [1.54, 1.807) is 30.3 Å². The molecule has 262 valence electrons. The number of nitrogens with zero attached hydrogens (tertiary/aromatic N) is 1. The lowest BCUT2D eigenvalue weighted by molar-refractivity contribution is -0.137. The SMILES string of the molecule is CCNC(=O)CCCOCNC(=O)CNC(=O)[C@H](Cc1ccccc1)NC(=O)CNC(=O)CNC(=O)CCCCCN1C(=O)C=CC1=O. The fraction of sp³-hybridized carbons (Fsp3) is 0.500. The lowest BCUT2D eigenvalue weighted by atomic mass is 10.1. The van der Waals surface area contributed by atoms with Gasteiger partial charge in [-0.3, -0.25) is 43.3 Å². The summed E-state index contributed by atoms with van der Waals surface area (Å²) in [6.45, 7) is 1.65. The first kappa shape index (κ1) is 39.1. The molecule has 0 aromatic heterocycles. The van der Waals surface area contributed by atoms with Crippen LogP contribution in [0.3, 0.4) is 0 Å². The Labute approximate surface area is 279 Å². The highest BCUT2D eigenvalue weighted by molar-refractivity contribution is 6.12. The van der Waals surface area contributed by atoms with Crippen molar-refractivity contribution >= 4 is 47.3 Å². The van der Waals surface area contributed by atoms with Crippen molar-refractivity contribution in [1.82, 2.24) is 36.8 Å². The molecule has 16 heteroatoms. The van der Waals surface area contributed by atoms with E-state index in [2.05, 4.69) is 31.9 Å². The van der Waals surface area contributed by atoms with Crippen LogP contribution in [0.4, 0.5) is 0 Å². The Morgan fingerprint density at radius 2 is 1.29 bits per heavy atom. The third kappa shape index (κ3) is 16.4. The van der Waals surface area contributed by atoms with Crippen molar-refractivity contribution in [2.75, 3.05) is 46.1 Å². The molecule has 0 saturated heterocycles. The highest BCUT2D eigenvalue weighted by atomic mass is 16.5. The number of carbonyl (C=O) groups excluding carboxylic acids is 8. The number of carbonyl (C=O) groups is 8. The molecule has 2 rings (SSSR count). The molecule has 0 fully saturated rings. The number of unbranched alkanes of at least 4 members (excludes halogenated alkanes) is 2. The van der Waals surface area contributed by atoms with Crippen molar-refractivity contribution < 1.29 is 43.1 Å². The summed E-state index contributed by atoms with van der Waals surface area (Å²) in [7, 11) is 0. The Morgan fingerprint density at radius 1 is 0.688 bits per heavy atom. The van der Waals surface area contributed by atoms with Crippen LogP contribution in [0.15, 0.2) is 42.5 Å². The van der Waals surface area contributed by atoms with Crippen LogP contribution in [0.25, 0.3) is 0 Å². The van der Waals surface area contributed by atoms with E-state index in [4.69, 9.17) is 4.74 Å². The molecule has 1 aromatic rings. The average molecular weight is 672 g/mol. The van der Waals surface area contributed by atoms with Gasteiger partial charge in [0.15, 0.2) is 0 Å². The van der Waals surface area contributed by atoms with Crippen molar-refractivity contribution in [1.29, 1.82) is 0 Å². The van der Waals surface area contributed by atoms with Gasteiger partial charge in [-0.15, -0.1) is 0 Å². The third-order valence-corrected chi connectivity index (χ3v) is 6.87. The second kappa shape index (κ2) is 22.4. The summed E-state index contributed by atoms with van der Waals surface area (Å²) in [6.07, 6.45) is 5.16. The highest BCUT2D eigenvalue weighted by Gasteiger charge is 2.23. The standard InChI is InChI=1S/C32H45N7O9/c1-2-33-25(40)13-9-17-48-22-37-28(43)20-36-32(47)24(18-23-10-5-3-6-11-23)38-29(44)21-35-27(42)19-34-26(41)12-7-4-8-16-39-30(45)14-15-31(39)46/h3,5-6,10-11,14-15,24H,2,4,7-9,12-13,16-22H2,1H3,(H,33,40)(H,34,41)(H,35,42)(H,36,47)(H,37,43)(H,38,44)/t24-/m0/s1. The Morgan fingerprint density at radius 3 is 2.00 bits per heavy atom. The van der Waals surface area contributed by atoms with Gasteiger partial charge in [-0.05, 0) is 31.7 Å². The first-order valence-electron chi connectivity index (χ1n) is 15.9. The maximum absolute atomic E-state index is 12.9. The summed E-state index contributed by atoms with van der Waals surface area (Å²) in [5.41, 5.74) is 0.755. The molecule has 0 aliphatic carbocycles. The molecule has 48 heavy (non-hydrogen) atoms. The average Bonchev–Trinajstić information content (AvgIpc) is 3.39. The number of imide groups is 1. The zero-order chi connectivity index (χ0) is 35.1. The molecular formula is C32H45N7O9. The Bertz CT molecular complexity index is 1290. The van der Waals surface area contributed by atoms with E-state index in [0.717, 1.165) is 10.5 Å². The van der Waals surface area contributed by atoms with Crippen LogP contribution in [0.2, 0.25) is 0 Å². The summed E-state index contributed by atoms with van der Waals surface area (Å²) in [5.74, 6) is -3.53. The van der Waals surface area contributed by atoms with Crippen molar-refractivity contribution in [3.8, 4) is 0 Å². The van der Waals surface area contributed by atoms with E-state index in [-0.39, 0.29) is 69.4 Å². The highest BCUT2D eigenvalue weighted by Crippen LogP contribution is 2.08. The topological polar surface area (TPSA) is 221 Å². The van der Waals surface area contributed by atoms with Crippen LogP contribution in [0.5, 0.6) is 0 Å². The Kier molecular flexibility index (Phi) is 18.2. The minimum atomic E-state index is -1.05. The fourth-order valence-corrected chi connectivity index (χ4v) is 4.37. The summed E-state index contributed by atoms with van der Waals surface area (Å²) in [5, 5.41) is 15.1. The van der Waals surface area contributed by atoms with Crippen LogP contribution >= 0.6 is 0 Å². The van der Waals surface area contributed by atoms with Gasteiger partial charge in [-0.25, -0.2) is 0 Å². The molecule has 1 aliphatic rings. The quantitative estimate of drug-likeness (QED) is 0.0455. The van der Waals surface area contributed by atoms with E-state index in [0.29, 0.717) is 38.6 Å². The van der Waals surface area contributed by atoms with Crippen molar-refractivity contribution in [2.45, 2.75) is 57.9 Å². The maximum atomic E-state index is 12.9. The molecule has 0 radical (unpaired) electrons. The monoisotopic (exact) mass is 671 g/mol. The third-order valence-electron chi connectivity index (χ3n) is 6.87. The van der Waals surface area contributed by atoms with Crippen LogP contribution in [0.1, 0.15) is 51.0 Å². The maximum Gasteiger partial charge on any atom is 0.253 e. The Balaban J connectivity index is 1.67. The van der Waals surface area contributed by atoms with Crippen molar-refractivity contribution in [2.24, 2.45) is 0 Å². The second-order valence-corrected chi connectivity index (χ2v) is 10.8. The van der Waals surface area contributed by atoms with Gasteiger partial charge in [0.25, 0.3) is 11.8 Å². The summed E-state index contributed by atoms with van der Waals surface area (Å²) >= 11 is 0. The largest absolute Gasteiger partial charge is 0.361 e. The molecule has 0 spiro atoms. The minimum Gasteiger partial charge on any atom is -0.361 e. The smallest absolute Gasteiger partial charge is 0.253 e. The van der Waals surface area contributed by atoms with E-state index < -0.39 is 36.2 Å². The van der Waals surface area contributed by atoms with Crippen LogP contribution in [-0.2, 0) is 49.5 Å². The van der Waals surface area contributed by atoms with Crippen molar-refractivity contribution in [3.63, 3.8) is 0 Å². The molecule has 0 saturated carbocycles. The van der Waals surface area contributed by atoms with Gasteiger partial charge in [0, 0.05) is 51.1 Å². The van der Waals surface area contributed by atoms with Gasteiger partial charge in [0.1, 0.15) is 12.8 Å². The van der Waals surface area contributed by atoms with E-state index >= 15 is 0 Å². The predicted molar refractivity (Wildman–Crippen MR) is 172 cm³/mol. The lowest BCUT2D eigenvalue weighted by Gasteiger charge is -2.19. The molecule has 1 aliphatic heterocycles. The molecule has 1 heterocycles. The van der Waals surface area contributed by atoms with Gasteiger partial charge in [-0.2, -0.15) is 0 Å². The van der Waals surface area contributed by atoms with E-state index in [9.17, 15) is 38.4 Å². The molecule has 1 atom stereocenters. The lowest BCUT2D eigenvalue weighted by Crippen LogP contribution is -2.52.